The van der Waals surface area contributed by atoms with Gasteiger partial charge in [0.15, 0.2) is 19.5 Å². The van der Waals surface area contributed by atoms with Gasteiger partial charge in [-0.25, -0.2) is 0 Å². The molecule has 0 aromatic heterocycles. The van der Waals surface area contributed by atoms with Crippen LogP contribution in [0.15, 0.2) is 0 Å². The topological polar surface area (TPSA) is 18.5 Å². The van der Waals surface area contributed by atoms with Gasteiger partial charge in [0.1, 0.15) is 9.03 Å². The number of hydrogen-bond acceptors (Lipinski definition) is 2. The van der Waals surface area contributed by atoms with Crippen LogP contribution in [-0.4, -0.2) is 19.5 Å². The molecule has 0 amide bonds. The molecule has 1 fully saturated rings. The Morgan fingerprint density at radius 3 is 2.17 bits per heavy atom. The summed E-state index contributed by atoms with van der Waals surface area (Å²) in [4.78, 5) is 0. The summed E-state index contributed by atoms with van der Waals surface area (Å²) in [5.41, 5.74) is 1.34. The Morgan fingerprint density at radius 2 is 2.00 bits per heavy atom. The van der Waals surface area contributed by atoms with Gasteiger partial charge in [-0.2, -0.15) is 0 Å². The van der Waals surface area contributed by atoms with Crippen LogP contribution in [-0.2, 0) is 8.43 Å². The van der Waals surface area contributed by atoms with Crippen LogP contribution in [0.1, 0.15) is 0 Å². The van der Waals surface area contributed by atoms with E-state index in [1.54, 1.807) is 0 Å². The van der Waals surface area contributed by atoms with Crippen molar-refractivity contribution in [2.24, 2.45) is 0 Å². The van der Waals surface area contributed by atoms with Crippen LogP contribution in [0.4, 0.5) is 0 Å². The van der Waals surface area contributed by atoms with Crippen LogP contribution in [0.25, 0.3) is 0 Å². The molecular weight excluding hydrogens is 131 g/mol. The molecule has 0 bridgehead atoms. The van der Waals surface area contributed by atoms with E-state index < -0.39 is 0 Å². The Morgan fingerprint density at radius 1 is 1.33 bits per heavy atom. The highest BCUT2D eigenvalue weighted by atomic mass is 31.1. The van der Waals surface area contributed by atoms with Crippen molar-refractivity contribution in [3.63, 3.8) is 0 Å². The van der Waals surface area contributed by atoms with E-state index in [0.717, 1.165) is 0 Å². The zero-order chi connectivity index (χ0) is 4.24. The smallest absolute Gasteiger partial charge is 0.168 e. The van der Waals surface area contributed by atoms with E-state index in [2.05, 4.69) is 0 Å². The van der Waals surface area contributed by atoms with E-state index in [-0.39, 0.29) is 19.5 Å². The van der Waals surface area contributed by atoms with Crippen LogP contribution in [0, 0.1) is 0 Å². The summed E-state index contributed by atoms with van der Waals surface area (Å²) in [5, 5.41) is 0. The predicted octanol–water partition coefficient (Wildman–Crippen LogP) is -0.915. The molecule has 0 saturated carbocycles. The van der Waals surface area contributed by atoms with Crippen LogP contribution >= 0.6 is 9.03 Å². The first kappa shape index (κ1) is 4.93. The maximum atomic E-state index is 5.05. The van der Waals surface area contributed by atoms with Gasteiger partial charge in [0.25, 0.3) is 0 Å². The third kappa shape index (κ3) is 1.49. The van der Waals surface area contributed by atoms with Crippen molar-refractivity contribution in [2.75, 3.05) is 0 Å². The standard InChI is InChI=1S/CH7O2PSi2/c1-5-2-4-3-6-1/h4H,1,5-6H2. The van der Waals surface area contributed by atoms with Crippen molar-refractivity contribution in [3.8, 4) is 0 Å². The predicted molar refractivity (Wildman–Crippen MR) is 32.4 cm³/mol. The van der Waals surface area contributed by atoms with Gasteiger partial charge in [-0.1, -0.05) is 0 Å². The summed E-state index contributed by atoms with van der Waals surface area (Å²) < 4.78 is 10.1. The minimum Gasteiger partial charge on any atom is -0.386 e. The van der Waals surface area contributed by atoms with E-state index in [4.69, 9.17) is 8.43 Å². The molecule has 0 radical (unpaired) electrons. The van der Waals surface area contributed by atoms with Crippen molar-refractivity contribution < 1.29 is 8.43 Å². The minimum atomic E-state index is -0.0424. The molecule has 0 unspecified atom stereocenters. The van der Waals surface area contributed by atoms with Crippen molar-refractivity contribution in [2.45, 2.75) is 5.67 Å². The largest absolute Gasteiger partial charge is 0.386 e. The minimum absolute atomic E-state index is 0.0424. The highest BCUT2D eigenvalue weighted by molar-refractivity contribution is 7.30. The molecule has 6 heavy (non-hydrogen) atoms. The SMILES string of the molecule is C1[SiH2]OPO[SiH2]1. The molecule has 5 heteroatoms. The van der Waals surface area contributed by atoms with Gasteiger partial charge in [-0.3, -0.25) is 0 Å². The Labute approximate surface area is 43.4 Å². The molecule has 0 aliphatic carbocycles. The lowest BCUT2D eigenvalue weighted by molar-refractivity contribution is 0.539. The molecule has 36 valence electrons. The summed E-state index contributed by atoms with van der Waals surface area (Å²) in [5.74, 6) is 0. The van der Waals surface area contributed by atoms with Gasteiger partial charge < -0.3 is 8.43 Å². The Hall–Kier alpha value is 0.784. The summed E-state index contributed by atoms with van der Waals surface area (Å²) in [7, 11) is 0.340. The third-order valence-corrected chi connectivity index (χ3v) is 5.50. The maximum Gasteiger partial charge on any atom is 0.168 e. The van der Waals surface area contributed by atoms with E-state index in [0.29, 0.717) is 9.03 Å². The van der Waals surface area contributed by atoms with E-state index in [1.807, 2.05) is 0 Å². The van der Waals surface area contributed by atoms with Gasteiger partial charge in [-0.15, -0.1) is 0 Å². The monoisotopic (exact) mass is 138 g/mol. The first-order valence-electron chi connectivity index (χ1n) is 1.99. The van der Waals surface area contributed by atoms with Crippen LogP contribution in [0.5, 0.6) is 0 Å². The second-order valence-corrected chi connectivity index (χ2v) is 7.25. The molecule has 1 rings (SSSR count). The number of rotatable bonds is 0. The average molecular weight is 138 g/mol. The van der Waals surface area contributed by atoms with Gasteiger partial charge in [0.05, 0.1) is 0 Å². The van der Waals surface area contributed by atoms with Crippen molar-refractivity contribution in [3.05, 3.63) is 0 Å². The van der Waals surface area contributed by atoms with Crippen molar-refractivity contribution in [1.82, 2.24) is 0 Å². The molecule has 0 spiro atoms. The molecule has 1 aliphatic rings. The molecule has 0 aromatic rings. The van der Waals surface area contributed by atoms with Gasteiger partial charge in [0.2, 0.25) is 0 Å². The zero-order valence-corrected chi connectivity index (χ0v) is 7.27. The zero-order valence-electron chi connectivity index (χ0n) is 3.44. The first-order chi connectivity index (χ1) is 3.00. The molecule has 0 N–H and O–H groups in total. The van der Waals surface area contributed by atoms with Gasteiger partial charge >= 0.3 is 0 Å². The summed E-state index contributed by atoms with van der Waals surface area (Å²) in [6.07, 6.45) is 0. The molecule has 0 atom stereocenters. The average Bonchev–Trinajstić information content (AvgIpc) is 1.72. The Balaban J connectivity index is 2.00. The lowest BCUT2D eigenvalue weighted by Gasteiger charge is -2.08. The highest BCUT2D eigenvalue weighted by Gasteiger charge is 1.97. The fourth-order valence-corrected chi connectivity index (χ4v) is 6.30. The first-order valence-corrected chi connectivity index (χ1v) is 5.96. The molecule has 2 nitrogen and oxygen atoms in total. The molecule has 1 saturated heterocycles. The van der Waals surface area contributed by atoms with Crippen LogP contribution in [0.3, 0.4) is 0 Å². The molecule has 1 heterocycles. The fourth-order valence-electron chi connectivity index (χ4n) is 0.328. The highest BCUT2D eigenvalue weighted by Crippen LogP contribution is 2.15. The molecule has 1 aliphatic heterocycles. The quantitative estimate of drug-likeness (QED) is 0.318. The lowest BCUT2D eigenvalue weighted by Crippen LogP contribution is -2.04. The number of hydrogen-bond donors (Lipinski definition) is 0. The van der Waals surface area contributed by atoms with Crippen LogP contribution in [0.2, 0.25) is 5.67 Å². The maximum absolute atomic E-state index is 5.05. The summed E-state index contributed by atoms with van der Waals surface area (Å²) >= 11 is 0. The van der Waals surface area contributed by atoms with Gasteiger partial charge in [0, 0.05) is 0 Å². The third-order valence-electron chi connectivity index (χ3n) is 0.611. The Kier molecular flexibility index (Phi) is 2.36. The second-order valence-electron chi connectivity index (χ2n) is 1.13. The van der Waals surface area contributed by atoms with Crippen LogP contribution < -0.4 is 0 Å². The van der Waals surface area contributed by atoms with Crippen molar-refractivity contribution in [1.29, 1.82) is 0 Å². The lowest BCUT2D eigenvalue weighted by atomic mass is 11.9. The van der Waals surface area contributed by atoms with E-state index >= 15 is 0 Å². The Bertz CT molecular complexity index is 27.0. The van der Waals surface area contributed by atoms with E-state index in [9.17, 15) is 0 Å². The fraction of sp³-hybridized carbons (Fsp3) is 1.00. The molecular formula is CH7O2PSi2. The van der Waals surface area contributed by atoms with Crippen molar-refractivity contribution >= 4 is 28.6 Å². The van der Waals surface area contributed by atoms with Gasteiger partial charge in [-0.05, 0) is 5.67 Å². The molecule has 0 aromatic carbocycles. The summed E-state index contributed by atoms with van der Waals surface area (Å²) in [6.45, 7) is 0. The normalized spacial score (nSPS) is 36.0. The summed E-state index contributed by atoms with van der Waals surface area (Å²) in [6, 6.07) is 0. The van der Waals surface area contributed by atoms with E-state index in [1.165, 1.54) is 5.67 Å². The second kappa shape index (κ2) is 2.88.